The molecule has 0 aliphatic heterocycles. The first-order chi connectivity index (χ1) is 9.39. The van der Waals surface area contributed by atoms with Crippen molar-refractivity contribution in [1.29, 1.82) is 0 Å². The molecule has 1 nitrogen and oxygen atoms in total. The van der Waals surface area contributed by atoms with Gasteiger partial charge in [0.2, 0.25) is 0 Å². The molecule has 0 aliphatic carbocycles. The Labute approximate surface area is 115 Å². The average molecular weight is 278 g/mol. The third-order valence-electron chi connectivity index (χ3n) is 3.19. The first-order valence-corrected chi connectivity index (χ1v) is 6.16. The Morgan fingerprint density at radius 3 is 2.00 bits per heavy atom. The van der Waals surface area contributed by atoms with Crippen LogP contribution in [0.1, 0.15) is 34.3 Å². The summed E-state index contributed by atoms with van der Waals surface area (Å²) >= 11 is 0. The normalized spacial score (nSPS) is 13.0. The lowest BCUT2D eigenvalue weighted by Crippen LogP contribution is -2.11. The van der Waals surface area contributed by atoms with Crippen LogP contribution in [0.15, 0.2) is 54.6 Å². The van der Waals surface area contributed by atoms with Gasteiger partial charge >= 0.3 is 6.18 Å². The van der Waals surface area contributed by atoms with Crippen LogP contribution >= 0.6 is 0 Å². The van der Waals surface area contributed by atoms with Gasteiger partial charge in [0.15, 0.2) is 5.78 Å². The van der Waals surface area contributed by atoms with E-state index in [1.165, 1.54) is 12.1 Å². The van der Waals surface area contributed by atoms with E-state index in [1.54, 1.807) is 6.92 Å². The maximum absolute atomic E-state index is 12.5. The topological polar surface area (TPSA) is 17.1 Å². The van der Waals surface area contributed by atoms with Crippen molar-refractivity contribution in [2.45, 2.75) is 19.0 Å². The minimum absolute atomic E-state index is 0.190. The predicted molar refractivity (Wildman–Crippen MR) is 70.6 cm³/mol. The van der Waals surface area contributed by atoms with Crippen LogP contribution in [0.2, 0.25) is 0 Å². The van der Waals surface area contributed by atoms with Crippen molar-refractivity contribution in [2.24, 2.45) is 0 Å². The minimum atomic E-state index is -4.38. The average Bonchev–Trinajstić information content (AvgIpc) is 2.46. The van der Waals surface area contributed by atoms with Crippen LogP contribution < -0.4 is 0 Å². The van der Waals surface area contributed by atoms with Crippen LogP contribution in [-0.4, -0.2) is 5.78 Å². The van der Waals surface area contributed by atoms with Crippen LogP contribution in [0.5, 0.6) is 0 Å². The summed E-state index contributed by atoms with van der Waals surface area (Å²) in [5.74, 6) is -0.571. The monoisotopic (exact) mass is 278 g/mol. The Hall–Kier alpha value is -2.10. The summed E-state index contributed by atoms with van der Waals surface area (Å²) in [7, 11) is 0. The minimum Gasteiger partial charge on any atom is -0.294 e. The van der Waals surface area contributed by atoms with Gasteiger partial charge in [-0.2, -0.15) is 13.2 Å². The van der Waals surface area contributed by atoms with Crippen molar-refractivity contribution in [2.75, 3.05) is 0 Å². The van der Waals surface area contributed by atoms with Gasteiger partial charge in [-0.05, 0) is 17.7 Å². The molecule has 0 saturated heterocycles. The molecule has 1 atom stereocenters. The van der Waals surface area contributed by atoms with Gasteiger partial charge in [0.25, 0.3) is 0 Å². The lowest BCUT2D eigenvalue weighted by molar-refractivity contribution is -0.137. The van der Waals surface area contributed by atoms with Crippen molar-refractivity contribution in [1.82, 2.24) is 0 Å². The molecule has 0 heterocycles. The third-order valence-corrected chi connectivity index (χ3v) is 3.19. The fourth-order valence-corrected chi connectivity index (χ4v) is 1.97. The molecule has 20 heavy (non-hydrogen) atoms. The smallest absolute Gasteiger partial charge is 0.294 e. The summed E-state index contributed by atoms with van der Waals surface area (Å²) in [5.41, 5.74) is 0.383. The molecule has 0 amide bonds. The molecule has 0 saturated carbocycles. The molecular formula is C16H13F3O. The predicted octanol–water partition coefficient (Wildman–Crippen LogP) is 4.69. The SMILES string of the molecule is CC(C(=O)c1ccc(C(F)(F)F)cc1)c1ccccc1. The second kappa shape index (κ2) is 5.49. The molecule has 0 spiro atoms. The molecule has 0 bridgehead atoms. The van der Waals surface area contributed by atoms with Crippen LogP contribution in [0.3, 0.4) is 0 Å². The second-order valence-electron chi connectivity index (χ2n) is 4.57. The molecule has 0 fully saturated rings. The quantitative estimate of drug-likeness (QED) is 0.744. The number of Topliss-reactive ketones (excluding diaryl/α,β-unsaturated/α-hetero) is 1. The highest BCUT2D eigenvalue weighted by Crippen LogP contribution is 2.30. The van der Waals surface area contributed by atoms with Gasteiger partial charge in [0.1, 0.15) is 0 Å². The second-order valence-corrected chi connectivity index (χ2v) is 4.57. The maximum Gasteiger partial charge on any atom is 0.416 e. The number of hydrogen-bond acceptors (Lipinski definition) is 1. The van der Waals surface area contributed by atoms with Gasteiger partial charge in [-0.3, -0.25) is 4.79 Å². The highest BCUT2D eigenvalue weighted by atomic mass is 19.4. The zero-order chi connectivity index (χ0) is 14.8. The molecule has 0 radical (unpaired) electrons. The van der Waals surface area contributed by atoms with Gasteiger partial charge in [0, 0.05) is 11.5 Å². The summed E-state index contributed by atoms with van der Waals surface area (Å²) in [4.78, 5) is 12.2. The molecule has 0 N–H and O–H groups in total. The van der Waals surface area contributed by atoms with Gasteiger partial charge in [-0.15, -0.1) is 0 Å². The molecule has 104 valence electrons. The third kappa shape index (κ3) is 3.07. The highest BCUT2D eigenvalue weighted by Gasteiger charge is 2.30. The van der Waals surface area contributed by atoms with Crippen molar-refractivity contribution < 1.29 is 18.0 Å². The highest BCUT2D eigenvalue weighted by molar-refractivity contribution is 6.00. The molecule has 4 heteroatoms. The lowest BCUT2D eigenvalue weighted by atomic mass is 9.92. The van der Waals surface area contributed by atoms with Gasteiger partial charge in [-0.25, -0.2) is 0 Å². The van der Waals surface area contributed by atoms with Gasteiger partial charge in [-0.1, -0.05) is 49.4 Å². The summed E-state index contributed by atoms with van der Waals surface area (Å²) in [6.07, 6.45) is -4.38. The number of rotatable bonds is 3. The van der Waals surface area contributed by atoms with E-state index in [9.17, 15) is 18.0 Å². The van der Waals surface area contributed by atoms with Crippen LogP contribution in [0, 0.1) is 0 Å². The van der Waals surface area contributed by atoms with Gasteiger partial charge < -0.3 is 0 Å². The van der Waals surface area contributed by atoms with Crippen molar-refractivity contribution in [3.63, 3.8) is 0 Å². The Morgan fingerprint density at radius 2 is 1.50 bits per heavy atom. The van der Waals surface area contributed by atoms with Crippen molar-refractivity contribution >= 4 is 5.78 Å². The molecule has 2 aromatic carbocycles. The number of hydrogen-bond donors (Lipinski definition) is 0. The number of ketones is 1. The Morgan fingerprint density at radius 1 is 0.950 bits per heavy atom. The lowest BCUT2D eigenvalue weighted by Gasteiger charge is -2.12. The molecule has 1 unspecified atom stereocenters. The van der Waals surface area contributed by atoms with E-state index in [2.05, 4.69) is 0 Å². The maximum atomic E-state index is 12.5. The molecule has 2 rings (SSSR count). The number of carbonyl (C=O) groups excluding carboxylic acids is 1. The largest absolute Gasteiger partial charge is 0.416 e. The van der Waals surface area contributed by atoms with E-state index in [1.807, 2.05) is 30.3 Å². The fraction of sp³-hybridized carbons (Fsp3) is 0.188. The van der Waals surface area contributed by atoms with Crippen LogP contribution in [0.4, 0.5) is 13.2 Å². The zero-order valence-electron chi connectivity index (χ0n) is 10.8. The molecular weight excluding hydrogens is 265 g/mol. The number of alkyl halides is 3. The Balaban J connectivity index is 2.22. The van der Waals surface area contributed by atoms with Crippen LogP contribution in [-0.2, 0) is 6.18 Å². The Kier molecular flexibility index (Phi) is 3.93. The summed E-state index contributed by atoms with van der Waals surface area (Å²) < 4.78 is 37.4. The summed E-state index contributed by atoms with van der Waals surface area (Å²) in [6.45, 7) is 1.75. The zero-order valence-corrected chi connectivity index (χ0v) is 10.8. The number of benzene rings is 2. The first kappa shape index (κ1) is 14.3. The molecule has 0 aromatic heterocycles. The van der Waals surface area contributed by atoms with Crippen LogP contribution in [0.25, 0.3) is 0 Å². The standard InChI is InChI=1S/C16H13F3O/c1-11(12-5-3-2-4-6-12)15(20)13-7-9-14(10-8-13)16(17,18)19/h2-11H,1H3. The van der Waals surface area contributed by atoms with E-state index in [0.29, 0.717) is 0 Å². The number of halogens is 3. The van der Waals surface area contributed by atoms with Crippen molar-refractivity contribution in [3.05, 3.63) is 71.3 Å². The summed E-state index contributed by atoms with van der Waals surface area (Å²) in [6, 6.07) is 13.5. The van der Waals surface area contributed by atoms with E-state index < -0.39 is 11.7 Å². The van der Waals surface area contributed by atoms with Crippen molar-refractivity contribution in [3.8, 4) is 0 Å². The van der Waals surface area contributed by atoms with E-state index in [0.717, 1.165) is 17.7 Å². The fourth-order valence-electron chi connectivity index (χ4n) is 1.97. The first-order valence-electron chi connectivity index (χ1n) is 6.16. The van der Waals surface area contributed by atoms with E-state index >= 15 is 0 Å². The Bertz CT molecular complexity index is 585. The van der Waals surface area contributed by atoms with Gasteiger partial charge in [0.05, 0.1) is 5.56 Å². The summed E-state index contributed by atoms with van der Waals surface area (Å²) in [5, 5.41) is 0. The molecule has 0 aliphatic rings. The van der Waals surface area contributed by atoms with E-state index in [-0.39, 0.29) is 17.3 Å². The molecule has 2 aromatic rings. The van der Waals surface area contributed by atoms with E-state index in [4.69, 9.17) is 0 Å². The number of carbonyl (C=O) groups is 1.